The van der Waals surface area contributed by atoms with Crippen LogP contribution in [0, 0.1) is 5.92 Å². The Labute approximate surface area is 184 Å². The van der Waals surface area contributed by atoms with Gasteiger partial charge in [-0.15, -0.1) is 24.8 Å². The van der Waals surface area contributed by atoms with E-state index in [9.17, 15) is 9.59 Å². The lowest BCUT2D eigenvalue weighted by molar-refractivity contribution is -0.132. The van der Waals surface area contributed by atoms with E-state index in [-0.39, 0.29) is 54.8 Å². The van der Waals surface area contributed by atoms with Crippen molar-refractivity contribution in [3.05, 3.63) is 35.4 Å². The molecule has 3 atom stereocenters. The summed E-state index contributed by atoms with van der Waals surface area (Å²) in [5, 5.41) is 2.96. The van der Waals surface area contributed by atoms with E-state index >= 15 is 0 Å². The van der Waals surface area contributed by atoms with Gasteiger partial charge in [0.05, 0.1) is 12.0 Å². The van der Waals surface area contributed by atoms with Crippen LogP contribution >= 0.6 is 24.8 Å². The number of benzene rings is 1. The molecule has 2 aliphatic rings. The highest BCUT2D eigenvalue weighted by Crippen LogP contribution is 2.20. The molecule has 1 aromatic carbocycles. The Morgan fingerprint density at radius 2 is 1.93 bits per heavy atom. The second-order valence-corrected chi connectivity index (χ2v) is 7.57. The first-order valence-corrected chi connectivity index (χ1v) is 9.78. The first kappa shape index (κ1) is 25.7. The van der Waals surface area contributed by atoms with Crippen LogP contribution in [0.25, 0.3) is 0 Å². The maximum absolute atomic E-state index is 12.3. The van der Waals surface area contributed by atoms with Crippen molar-refractivity contribution >= 4 is 36.6 Å². The van der Waals surface area contributed by atoms with E-state index in [2.05, 4.69) is 22.3 Å². The SMILES string of the molecule is Cl.Cl.NC[C@H]1CC[C@@H](C(=O)NCc2cccc(CN3CCCC(C(N)=O)C3)c2)O1. The Morgan fingerprint density at radius 1 is 1.17 bits per heavy atom. The molecule has 2 amide bonds. The highest BCUT2D eigenvalue weighted by molar-refractivity contribution is 5.85. The summed E-state index contributed by atoms with van der Waals surface area (Å²) in [7, 11) is 0. The van der Waals surface area contributed by atoms with Crippen molar-refractivity contribution in [2.24, 2.45) is 17.4 Å². The lowest BCUT2D eigenvalue weighted by Gasteiger charge is -2.31. The summed E-state index contributed by atoms with van der Waals surface area (Å²) in [6.45, 7) is 3.42. The molecule has 3 rings (SSSR count). The minimum atomic E-state index is -0.388. The summed E-state index contributed by atoms with van der Waals surface area (Å²) >= 11 is 0. The summed E-state index contributed by atoms with van der Waals surface area (Å²) in [5.41, 5.74) is 13.3. The third kappa shape index (κ3) is 7.42. The zero-order valence-electron chi connectivity index (χ0n) is 16.5. The number of likely N-dealkylation sites (tertiary alicyclic amines) is 1. The zero-order valence-corrected chi connectivity index (χ0v) is 18.2. The van der Waals surface area contributed by atoms with Crippen LogP contribution in [0.4, 0.5) is 0 Å². The standard InChI is InChI=1S/C20H30N4O3.2ClH/c21-10-17-6-7-18(27-17)20(26)23-11-14-3-1-4-15(9-14)12-24-8-2-5-16(13-24)19(22)25;;/h1,3-4,9,16-18H,2,5-8,10-13,21H2,(H2,22,25)(H,23,26);2*1H/t16?,17-,18+;;/m1../s1. The van der Waals surface area contributed by atoms with Crippen LogP contribution in [-0.2, 0) is 27.4 Å². The summed E-state index contributed by atoms with van der Waals surface area (Å²) in [6, 6.07) is 8.19. The van der Waals surface area contributed by atoms with E-state index < -0.39 is 0 Å². The van der Waals surface area contributed by atoms with E-state index in [4.69, 9.17) is 16.2 Å². The van der Waals surface area contributed by atoms with Crippen LogP contribution in [0.5, 0.6) is 0 Å². The minimum Gasteiger partial charge on any atom is -0.369 e. The molecule has 0 radical (unpaired) electrons. The Balaban J connectivity index is 0.00000210. The van der Waals surface area contributed by atoms with Gasteiger partial charge >= 0.3 is 0 Å². The average molecular weight is 447 g/mol. The van der Waals surface area contributed by atoms with Gasteiger partial charge in [-0.2, -0.15) is 0 Å². The molecule has 2 heterocycles. The van der Waals surface area contributed by atoms with E-state index in [1.807, 2.05) is 12.1 Å². The second-order valence-electron chi connectivity index (χ2n) is 7.57. The van der Waals surface area contributed by atoms with Gasteiger partial charge in [-0.05, 0) is 43.4 Å². The number of ether oxygens (including phenoxy) is 1. The molecule has 0 saturated carbocycles. The van der Waals surface area contributed by atoms with Crippen molar-refractivity contribution in [2.45, 2.75) is 51.0 Å². The summed E-state index contributed by atoms with van der Waals surface area (Å²) in [5.74, 6) is -0.330. The fourth-order valence-corrected chi connectivity index (χ4v) is 3.90. The van der Waals surface area contributed by atoms with Crippen LogP contribution in [0.15, 0.2) is 24.3 Å². The summed E-state index contributed by atoms with van der Waals surface area (Å²) < 4.78 is 5.63. The summed E-state index contributed by atoms with van der Waals surface area (Å²) in [4.78, 5) is 26.0. The number of nitrogens with two attached hydrogens (primary N) is 2. The van der Waals surface area contributed by atoms with Crippen LogP contribution in [-0.4, -0.2) is 48.6 Å². The van der Waals surface area contributed by atoms with Gasteiger partial charge in [-0.1, -0.05) is 24.3 Å². The molecule has 2 aliphatic heterocycles. The summed E-state index contributed by atoms with van der Waals surface area (Å²) in [6.07, 6.45) is 3.05. The second kappa shape index (κ2) is 12.3. The predicted molar refractivity (Wildman–Crippen MR) is 117 cm³/mol. The zero-order chi connectivity index (χ0) is 19.2. The van der Waals surface area contributed by atoms with Crippen molar-refractivity contribution in [1.82, 2.24) is 10.2 Å². The lowest BCUT2D eigenvalue weighted by Crippen LogP contribution is -2.40. The van der Waals surface area contributed by atoms with Gasteiger partial charge in [0, 0.05) is 26.2 Å². The lowest BCUT2D eigenvalue weighted by atomic mass is 9.97. The molecule has 5 N–H and O–H groups in total. The van der Waals surface area contributed by atoms with Crippen molar-refractivity contribution in [3.8, 4) is 0 Å². The van der Waals surface area contributed by atoms with E-state index in [1.165, 1.54) is 5.56 Å². The highest BCUT2D eigenvalue weighted by atomic mass is 35.5. The Kier molecular flexibility index (Phi) is 10.9. The van der Waals surface area contributed by atoms with Gasteiger partial charge in [-0.25, -0.2) is 0 Å². The van der Waals surface area contributed by atoms with Crippen LogP contribution < -0.4 is 16.8 Å². The van der Waals surface area contributed by atoms with E-state index in [0.717, 1.165) is 50.9 Å². The number of halogens is 2. The normalized spacial score (nSPS) is 24.2. The Hall–Kier alpha value is -1.38. The molecular formula is C20H32Cl2N4O3. The number of nitrogens with one attached hydrogen (secondary N) is 1. The van der Waals surface area contributed by atoms with E-state index in [0.29, 0.717) is 13.1 Å². The number of hydrogen-bond acceptors (Lipinski definition) is 5. The maximum atomic E-state index is 12.3. The van der Waals surface area contributed by atoms with Gasteiger partial charge in [0.2, 0.25) is 11.8 Å². The molecule has 7 nitrogen and oxygen atoms in total. The fraction of sp³-hybridized carbons (Fsp3) is 0.600. The minimum absolute atomic E-state index is 0. The van der Waals surface area contributed by atoms with Crippen molar-refractivity contribution in [2.75, 3.05) is 19.6 Å². The van der Waals surface area contributed by atoms with Gasteiger partial charge in [0.25, 0.3) is 0 Å². The molecule has 29 heavy (non-hydrogen) atoms. The number of carbonyl (C=O) groups is 2. The van der Waals surface area contributed by atoms with Gasteiger partial charge in [0.1, 0.15) is 6.10 Å². The number of carbonyl (C=O) groups excluding carboxylic acids is 2. The topological polar surface area (TPSA) is 111 Å². The van der Waals surface area contributed by atoms with Crippen LogP contribution in [0.1, 0.15) is 36.8 Å². The number of primary amides is 1. The predicted octanol–water partition coefficient (Wildman–Crippen LogP) is 1.35. The van der Waals surface area contributed by atoms with Crippen LogP contribution in [0.3, 0.4) is 0 Å². The van der Waals surface area contributed by atoms with Crippen LogP contribution in [0.2, 0.25) is 0 Å². The maximum Gasteiger partial charge on any atom is 0.249 e. The first-order chi connectivity index (χ1) is 13.0. The van der Waals surface area contributed by atoms with Gasteiger partial charge in [-0.3, -0.25) is 14.5 Å². The number of hydrogen-bond donors (Lipinski definition) is 3. The molecule has 2 saturated heterocycles. The largest absolute Gasteiger partial charge is 0.369 e. The molecule has 0 aromatic heterocycles. The molecule has 0 spiro atoms. The molecule has 0 bridgehead atoms. The number of piperidine rings is 1. The molecule has 0 aliphatic carbocycles. The highest BCUT2D eigenvalue weighted by Gasteiger charge is 2.29. The number of amides is 2. The van der Waals surface area contributed by atoms with Gasteiger partial charge in [0.15, 0.2) is 0 Å². The third-order valence-corrected chi connectivity index (χ3v) is 5.44. The van der Waals surface area contributed by atoms with Gasteiger partial charge < -0.3 is 21.5 Å². The fourth-order valence-electron chi connectivity index (χ4n) is 3.90. The quantitative estimate of drug-likeness (QED) is 0.585. The first-order valence-electron chi connectivity index (χ1n) is 9.78. The number of rotatable bonds is 7. The molecule has 1 aromatic rings. The average Bonchev–Trinajstić information content (AvgIpc) is 3.16. The van der Waals surface area contributed by atoms with E-state index in [1.54, 1.807) is 0 Å². The van der Waals surface area contributed by atoms with Crippen molar-refractivity contribution < 1.29 is 14.3 Å². The Morgan fingerprint density at radius 3 is 2.62 bits per heavy atom. The smallest absolute Gasteiger partial charge is 0.249 e. The molecule has 9 heteroatoms. The molecular weight excluding hydrogens is 415 g/mol. The molecule has 2 fully saturated rings. The third-order valence-electron chi connectivity index (χ3n) is 5.44. The Bertz CT molecular complexity index is 677. The van der Waals surface area contributed by atoms with Crippen molar-refractivity contribution in [1.29, 1.82) is 0 Å². The number of nitrogens with zero attached hydrogens (tertiary/aromatic N) is 1. The monoisotopic (exact) mass is 446 g/mol. The van der Waals surface area contributed by atoms with Crippen molar-refractivity contribution in [3.63, 3.8) is 0 Å². The molecule has 1 unspecified atom stereocenters. The molecule has 164 valence electrons.